The van der Waals surface area contributed by atoms with Gasteiger partial charge in [0.2, 0.25) is 5.91 Å². The number of hydrogen-bond donors (Lipinski definition) is 2. The van der Waals surface area contributed by atoms with Crippen molar-refractivity contribution in [2.75, 3.05) is 6.54 Å². The van der Waals surface area contributed by atoms with Crippen LogP contribution >= 0.6 is 15.9 Å². The summed E-state index contributed by atoms with van der Waals surface area (Å²) < 4.78 is 0.939. The molecule has 0 unspecified atom stereocenters. The van der Waals surface area contributed by atoms with Gasteiger partial charge in [0.1, 0.15) is 0 Å². The van der Waals surface area contributed by atoms with E-state index in [0.29, 0.717) is 19.4 Å². The molecule has 0 heterocycles. The molecule has 0 saturated carbocycles. The maximum absolute atomic E-state index is 11.5. The normalized spacial score (nSPS) is 9.94. The average molecular weight is 300 g/mol. The lowest BCUT2D eigenvalue weighted by molar-refractivity contribution is -0.137. The summed E-state index contributed by atoms with van der Waals surface area (Å²) in [5.74, 6) is -0.931. The van der Waals surface area contributed by atoms with E-state index in [4.69, 9.17) is 5.11 Å². The molecule has 0 saturated heterocycles. The first-order chi connectivity index (χ1) is 8.08. The topological polar surface area (TPSA) is 66.4 Å². The van der Waals surface area contributed by atoms with Crippen LogP contribution in [0.2, 0.25) is 0 Å². The molecular formula is C12H14BrNO3. The second kappa shape index (κ2) is 7.06. The van der Waals surface area contributed by atoms with Crippen molar-refractivity contribution in [1.29, 1.82) is 0 Å². The number of halogens is 1. The van der Waals surface area contributed by atoms with Gasteiger partial charge in [0, 0.05) is 17.4 Å². The van der Waals surface area contributed by atoms with Crippen LogP contribution in [-0.2, 0) is 16.0 Å². The van der Waals surface area contributed by atoms with Crippen LogP contribution in [0, 0.1) is 0 Å². The predicted molar refractivity (Wildman–Crippen MR) is 67.7 cm³/mol. The monoisotopic (exact) mass is 299 g/mol. The Bertz CT molecular complexity index is 406. The molecule has 1 rings (SSSR count). The molecule has 0 spiro atoms. The van der Waals surface area contributed by atoms with E-state index >= 15 is 0 Å². The molecule has 0 aliphatic rings. The van der Waals surface area contributed by atoms with E-state index in [1.54, 1.807) is 0 Å². The lowest BCUT2D eigenvalue weighted by atomic mass is 10.1. The van der Waals surface area contributed by atoms with Crippen molar-refractivity contribution in [1.82, 2.24) is 5.32 Å². The lowest BCUT2D eigenvalue weighted by Gasteiger charge is -2.04. The van der Waals surface area contributed by atoms with E-state index in [2.05, 4.69) is 21.2 Å². The van der Waals surface area contributed by atoms with E-state index in [1.165, 1.54) is 0 Å². The van der Waals surface area contributed by atoms with Gasteiger partial charge < -0.3 is 10.4 Å². The van der Waals surface area contributed by atoms with Gasteiger partial charge in [-0.15, -0.1) is 0 Å². The standard InChI is InChI=1S/C12H14BrNO3/c13-10-4-1-3-9(7-10)8-11(15)14-6-2-5-12(16)17/h1,3-4,7H,2,5-6,8H2,(H,14,15)(H,16,17). The summed E-state index contributed by atoms with van der Waals surface area (Å²) in [6.45, 7) is 0.402. The molecular weight excluding hydrogens is 286 g/mol. The molecule has 0 fully saturated rings. The van der Waals surface area contributed by atoms with Gasteiger partial charge in [0.15, 0.2) is 0 Å². The number of rotatable bonds is 6. The number of carboxylic acid groups (broad SMARTS) is 1. The molecule has 4 nitrogen and oxygen atoms in total. The molecule has 17 heavy (non-hydrogen) atoms. The van der Waals surface area contributed by atoms with Crippen molar-refractivity contribution in [3.05, 3.63) is 34.3 Å². The number of hydrogen-bond acceptors (Lipinski definition) is 2. The zero-order valence-corrected chi connectivity index (χ0v) is 10.9. The number of carboxylic acids is 1. The highest BCUT2D eigenvalue weighted by atomic mass is 79.9. The minimum absolute atomic E-state index is 0.0805. The number of nitrogens with one attached hydrogen (secondary N) is 1. The molecule has 0 atom stereocenters. The van der Waals surface area contributed by atoms with Crippen molar-refractivity contribution in [2.45, 2.75) is 19.3 Å². The summed E-state index contributed by atoms with van der Waals surface area (Å²) in [5, 5.41) is 11.1. The second-order valence-corrected chi connectivity index (χ2v) is 4.57. The Morgan fingerprint density at radius 2 is 2.12 bits per heavy atom. The van der Waals surface area contributed by atoms with Crippen molar-refractivity contribution in [2.24, 2.45) is 0 Å². The molecule has 1 aromatic rings. The summed E-state index contributed by atoms with van der Waals surface area (Å²) >= 11 is 3.33. The van der Waals surface area contributed by atoms with Crippen LogP contribution in [0.5, 0.6) is 0 Å². The van der Waals surface area contributed by atoms with E-state index in [1.807, 2.05) is 24.3 Å². The van der Waals surface area contributed by atoms with Gasteiger partial charge in [0.05, 0.1) is 6.42 Å². The Labute approximate surface area is 108 Å². The largest absolute Gasteiger partial charge is 0.481 e. The molecule has 0 aromatic heterocycles. The van der Waals surface area contributed by atoms with E-state index in [9.17, 15) is 9.59 Å². The third-order valence-electron chi connectivity index (χ3n) is 2.14. The number of amides is 1. The van der Waals surface area contributed by atoms with Gasteiger partial charge in [0.25, 0.3) is 0 Å². The highest BCUT2D eigenvalue weighted by Gasteiger charge is 2.03. The van der Waals surface area contributed by atoms with E-state index < -0.39 is 5.97 Å². The average Bonchev–Trinajstić information content (AvgIpc) is 2.24. The lowest BCUT2D eigenvalue weighted by Crippen LogP contribution is -2.26. The molecule has 0 aliphatic heterocycles. The first-order valence-corrected chi connectivity index (χ1v) is 6.10. The van der Waals surface area contributed by atoms with Crippen LogP contribution in [0.15, 0.2) is 28.7 Å². The minimum Gasteiger partial charge on any atom is -0.481 e. The molecule has 0 bridgehead atoms. The maximum Gasteiger partial charge on any atom is 0.303 e. The Balaban J connectivity index is 2.27. The summed E-state index contributed by atoms with van der Waals surface area (Å²) in [4.78, 5) is 21.7. The molecule has 92 valence electrons. The summed E-state index contributed by atoms with van der Waals surface area (Å²) in [7, 11) is 0. The van der Waals surface area contributed by atoms with Crippen LogP contribution in [-0.4, -0.2) is 23.5 Å². The van der Waals surface area contributed by atoms with Crippen LogP contribution in [0.1, 0.15) is 18.4 Å². The van der Waals surface area contributed by atoms with E-state index in [0.717, 1.165) is 10.0 Å². The third kappa shape index (κ3) is 6.06. The zero-order valence-electron chi connectivity index (χ0n) is 9.28. The Hall–Kier alpha value is -1.36. The third-order valence-corrected chi connectivity index (χ3v) is 2.64. The highest BCUT2D eigenvalue weighted by molar-refractivity contribution is 9.10. The first-order valence-electron chi connectivity index (χ1n) is 5.31. The number of aliphatic carboxylic acids is 1. The Morgan fingerprint density at radius 1 is 1.35 bits per heavy atom. The number of carbonyl (C=O) groups is 2. The maximum atomic E-state index is 11.5. The molecule has 1 amide bonds. The summed E-state index contributed by atoms with van der Waals surface area (Å²) in [6.07, 6.45) is 0.850. The Kier molecular flexibility index (Phi) is 5.69. The molecule has 0 radical (unpaired) electrons. The zero-order chi connectivity index (χ0) is 12.7. The van der Waals surface area contributed by atoms with Gasteiger partial charge >= 0.3 is 5.97 Å². The van der Waals surface area contributed by atoms with Crippen LogP contribution in [0.4, 0.5) is 0 Å². The van der Waals surface area contributed by atoms with Crippen LogP contribution in [0.25, 0.3) is 0 Å². The SMILES string of the molecule is O=C(O)CCCNC(=O)Cc1cccc(Br)c1. The number of benzene rings is 1. The van der Waals surface area contributed by atoms with Gasteiger partial charge in [-0.25, -0.2) is 0 Å². The fourth-order valence-electron chi connectivity index (χ4n) is 1.36. The van der Waals surface area contributed by atoms with Crippen LogP contribution < -0.4 is 5.32 Å². The fraction of sp³-hybridized carbons (Fsp3) is 0.333. The molecule has 5 heteroatoms. The van der Waals surface area contributed by atoms with E-state index in [-0.39, 0.29) is 12.3 Å². The Morgan fingerprint density at radius 3 is 2.76 bits per heavy atom. The van der Waals surface area contributed by atoms with Gasteiger partial charge in [-0.3, -0.25) is 9.59 Å². The second-order valence-electron chi connectivity index (χ2n) is 3.65. The number of carbonyl (C=O) groups excluding carboxylic acids is 1. The highest BCUT2D eigenvalue weighted by Crippen LogP contribution is 2.11. The quantitative estimate of drug-likeness (QED) is 0.789. The minimum atomic E-state index is -0.841. The summed E-state index contributed by atoms with van der Waals surface area (Å²) in [6, 6.07) is 7.53. The fourth-order valence-corrected chi connectivity index (χ4v) is 1.81. The van der Waals surface area contributed by atoms with Crippen molar-refractivity contribution in [3.8, 4) is 0 Å². The molecule has 2 N–H and O–H groups in total. The first kappa shape index (κ1) is 13.7. The predicted octanol–water partition coefficient (Wildman–Crippen LogP) is 1.97. The van der Waals surface area contributed by atoms with Crippen molar-refractivity contribution >= 4 is 27.8 Å². The van der Waals surface area contributed by atoms with Gasteiger partial charge in [-0.1, -0.05) is 28.1 Å². The van der Waals surface area contributed by atoms with Crippen molar-refractivity contribution < 1.29 is 14.7 Å². The van der Waals surface area contributed by atoms with Gasteiger partial charge in [-0.05, 0) is 24.1 Å². The van der Waals surface area contributed by atoms with Crippen LogP contribution in [0.3, 0.4) is 0 Å². The van der Waals surface area contributed by atoms with Gasteiger partial charge in [-0.2, -0.15) is 0 Å². The molecule has 0 aliphatic carbocycles. The smallest absolute Gasteiger partial charge is 0.303 e. The summed E-state index contributed by atoms with van der Waals surface area (Å²) in [5.41, 5.74) is 0.926. The molecule has 1 aromatic carbocycles. The van der Waals surface area contributed by atoms with Crippen molar-refractivity contribution in [3.63, 3.8) is 0 Å².